The third-order valence-corrected chi connectivity index (χ3v) is 2.63. The molecule has 0 radical (unpaired) electrons. The zero-order valence-electron chi connectivity index (χ0n) is 10.1. The van der Waals surface area contributed by atoms with Crippen LogP contribution in [0.15, 0.2) is 18.2 Å². The molecule has 0 aliphatic heterocycles. The predicted octanol–water partition coefficient (Wildman–Crippen LogP) is 2.37. The van der Waals surface area contributed by atoms with Gasteiger partial charge in [-0.25, -0.2) is 9.37 Å². The molecule has 7 heteroatoms. The van der Waals surface area contributed by atoms with Crippen LogP contribution in [0.4, 0.5) is 4.39 Å². The van der Waals surface area contributed by atoms with Gasteiger partial charge < -0.3 is 4.74 Å². The van der Waals surface area contributed by atoms with Gasteiger partial charge in [0.2, 0.25) is 0 Å². The first-order chi connectivity index (χ1) is 9.10. The standard InChI is InChI=1S/C12H11ClFN3O2/c1-2-19-11(18)6-10-15-12(17-16-10)7-3-4-8(13)9(14)5-7/h3-5H,2,6H2,1H3,(H,15,16,17). The molecule has 0 amide bonds. The van der Waals surface area contributed by atoms with Gasteiger partial charge in [-0.2, -0.15) is 5.10 Å². The van der Waals surface area contributed by atoms with Crippen LogP contribution in [0.3, 0.4) is 0 Å². The lowest BCUT2D eigenvalue weighted by atomic mass is 10.2. The van der Waals surface area contributed by atoms with E-state index in [1.165, 1.54) is 12.1 Å². The van der Waals surface area contributed by atoms with E-state index in [0.717, 1.165) is 0 Å². The smallest absolute Gasteiger partial charge is 0.313 e. The summed E-state index contributed by atoms with van der Waals surface area (Å²) >= 11 is 5.59. The highest BCUT2D eigenvalue weighted by molar-refractivity contribution is 6.30. The molecule has 0 saturated carbocycles. The molecule has 0 aliphatic carbocycles. The van der Waals surface area contributed by atoms with Gasteiger partial charge in [0.05, 0.1) is 11.6 Å². The Bertz CT molecular complexity index is 600. The van der Waals surface area contributed by atoms with Gasteiger partial charge in [0.15, 0.2) is 5.82 Å². The van der Waals surface area contributed by atoms with Crippen LogP contribution in [0.5, 0.6) is 0 Å². The van der Waals surface area contributed by atoms with E-state index in [1.807, 2.05) is 0 Å². The fourth-order valence-electron chi connectivity index (χ4n) is 1.49. The zero-order valence-corrected chi connectivity index (χ0v) is 10.9. The summed E-state index contributed by atoms with van der Waals surface area (Å²) in [6.07, 6.45) is -0.00306. The number of aromatic amines is 1. The molecular weight excluding hydrogens is 273 g/mol. The molecule has 0 unspecified atom stereocenters. The highest BCUT2D eigenvalue weighted by Crippen LogP contribution is 2.21. The highest BCUT2D eigenvalue weighted by atomic mass is 35.5. The van der Waals surface area contributed by atoms with Crippen molar-refractivity contribution in [1.29, 1.82) is 0 Å². The van der Waals surface area contributed by atoms with Crippen LogP contribution in [0, 0.1) is 5.82 Å². The SMILES string of the molecule is CCOC(=O)Cc1nc(-c2ccc(Cl)c(F)c2)n[nH]1. The van der Waals surface area contributed by atoms with Crippen molar-refractivity contribution in [3.05, 3.63) is 34.9 Å². The highest BCUT2D eigenvalue weighted by Gasteiger charge is 2.11. The van der Waals surface area contributed by atoms with Gasteiger partial charge in [-0.15, -0.1) is 0 Å². The molecule has 1 aromatic carbocycles. The Morgan fingerprint density at radius 3 is 3.00 bits per heavy atom. The number of rotatable bonds is 4. The first-order valence-electron chi connectivity index (χ1n) is 5.62. The fourth-order valence-corrected chi connectivity index (χ4v) is 1.60. The monoisotopic (exact) mass is 283 g/mol. The molecule has 0 spiro atoms. The molecule has 0 bridgehead atoms. The minimum Gasteiger partial charge on any atom is -0.466 e. The fraction of sp³-hybridized carbons (Fsp3) is 0.250. The first kappa shape index (κ1) is 13.5. The number of hydrogen-bond acceptors (Lipinski definition) is 4. The Morgan fingerprint density at radius 1 is 1.53 bits per heavy atom. The predicted molar refractivity (Wildman–Crippen MR) is 67.1 cm³/mol. The number of nitrogens with zero attached hydrogens (tertiary/aromatic N) is 2. The number of hydrogen-bond donors (Lipinski definition) is 1. The molecule has 2 aromatic rings. The number of carbonyl (C=O) groups is 1. The van der Waals surface area contributed by atoms with Crippen molar-refractivity contribution in [2.75, 3.05) is 6.61 Å². The number of aromatic nitrogens is 3. The number of H-pyrrole nitrogens is 1. The lowest BCUT2D eigenvalue weighted by Crippen LogP contribution is -2.08. The molecule has 0 saturated heterocycles. The van der Waals surface area contributed by atoms with E-state index < -0.39 is 11.8 Å². The van der Waals surface area contributed by atoms with E-state index in [1.54, 1.807) is 13.0 Å². The largest absolute Gasteiger partial charge is 0.466 e. The molecule has 1 heterocycles. The molecule has 0 aliphatic rings. The van der Waals surface area contributed by atoms with Crippen LogP contribution < -0.4 is 0 Å². The zero-order chi connectivity index (χ0) is 13.8. The second-order valence-corrected chi connectivity index (χ2v) is 4.12. The summed E-state index contributed by atoms with van der Waals surface area (Å²) in [5.41, 5.74) is 0.480. The van der Waals surface area contributed by atoms with E-state index in [9.17, 15) is 9.18 Å². The number of carbonyl (C=O) groups excluding carboxylic acids is 1. The number of nitrogens with one attached hydrogen (secondary N) is 1. The quantitative estimate of drug-likeness (QED) is 0.875. The van der Waals surface area contributed by atoms with E-state index in [2.05, 4.69) is 15.2 Å². The van der Waals surface area contributed by atoms with Crippen molar-refractivity contribution in [2.24, 2.45) is 0 Å². The molecule has 0 fully saturated rings. The van der Waals surface area contributed by atoms with Crippen LogP contribution in [-0.2, 0) is 16.0 Å². The number of halogens is 2. The van der Waals surface area contributed by atoms with E-state index >= 15 is 0 Å². The summed E-state index contributed by atoms with van der Waals surface area (Å²) in [6, 6.07) is 4.26. The Hall–Kier alpha value is -1.95. The normalized spacial score (nSPS) is 10.5. The van der Waals surface area contributed by atoms with Crippen molar-refractivity contribution in [3.8, 4) is 11.4 Å². The van der Waals surface area contributed by atoms with Gasteiger partial charge in [0, 0.05) is 5.56 Å². The van der Waals surface area contributed by atoms with Crippen molar-refractivity contribution in [3.63, 3.8) is 0 Å². The number of esters is 1. The third kappa shape index (κ3) is 3.29. The molecule has 2 rings (SSSR count). The Morgan fingerprint density at radius 2 is 2.32 bits per heavy atom. The maximum atomic E-state index is 13.3. The lowest BCUT2D eigenvalue weighted by molar-refractivity contribution is -0.142. The van der Waals surface area contributed by atoms with Gasteiger partial charge in [-0.3, -0.25) is 9.89 Å². The average molecular weight is 284 g/mol. The summed E-state index contributed by atoms with van der Waals surface area (Å²) in [6.45, 7) is 2.03. The molecule has 100 valence electrons. The number of benzene rings is 1. The molecule has 1 aromatic heterocycles. The second-order valence-electron chi connectivity index (χ2n) is 3.72. The average Bonchev–Trinajstić information content (AvgIpc) is 2.81. The van der Waals surface area contributed by atoms with Crippen molar-refractivity contribution < 1.29 is 13.9 Å². The van der Waals surface area contributed by atoms with Crippen LogP contribution in [0.2, 0.25) is 5.02 Å². The van der Waals surface area contributed by atoms with Crippen LogP contribution in [0.1, 0.15) is 12.7 Å². The maximum Gasteiger partial charge on any atom is 0.313 e. The molecule has 1 N–H and O–H groups in total. The van der Waals surface area contributed by atoms with Crippen molar-refractivity contribution in [2.45, 2.75) is 13.3 Å². The third-order valence-electron chi connectivity index (χ3n) is 2.33. The van der Waals surface area contributed by atoms with Gasteiger partial charge in [-0.1, -0.05) is 11.6 Å². The van der Waals surface area contributed by atoms with Crippen molar-refractivity contribution in [1.82, 2.24) is 15.2 Å². The topological polar surface area (TPSA) is 67.9 Å². The van der Waals surface area contributed by atoms with Crippen LogP contribution in [0.25, 0.3) is 11.4 Å². The van der Waals surface area contributed by atoms with Gasteiger partial charge in [0.25, 0.3) is 0 Å². The van der Waals surface area contributed by atoms with E-state index in [-0.39, 0.29) is 11.4 Å². The Labute approximate surface area is 113 Å². The minimum absolute atomic E-state index is 0.00306. The molecule has 0 atom stereocenters. The first-order valence-corrected chi connectivity index (χ1v) is 6.00. The number of ether oxygens (including phenoxy) is 1. The van der Waals surface area contributed by atoms with E-state index in [4.69, 9.17) is 16.3 Å². The molecule has 19 heavy (non-hydrogen) atoms. The lowest BCUT2D eigenvalue weighted by Gasteiger charge is -1.98. The summed E-state index contributed by atoms with van der Waals surface area (Å²) in [5, 5.41) is 6.56. The summed E-state index contributed by atoms with van der Waals surface area (Å²) < 4.78 is 18.1. The summed E-state index contributed by atoms with van der Waals surface area (Å²) in [7, 11) is 0. The van der Waals surface area contributed by atoms with E-state index in [0.29, 0.717) is 23.8 Å². The molecular formula is C12H11ClFN3O2. The second kappa shape index (κ2) is 5.79. The van der Waals surface area contributed by atoms with Crippen molar-refractivity contribution >= 4 is 17.6 Å². The van der Waals surface area contributed by atoms with Gasteiger partial charge >= 0.3 is 5.97 Å². The Balaban J connectivity index is 2.16. The maximum absolute atomic E-state index is 13.3. The van der Waals surface area contributed by atoms with Gasteiger partial charge in [-0.05, 0) is 25.1 Å². The molecule has 5 nitrogen and oxygen atoms in total. The van der Waals surface area contributed by atoms with Crippen LogP contribution >= 0.6 is 11.6 Å². The van der Waals surface area contributed by atoms with Gasteiger partial charge in [0.1, 0.15) is 18.1 Å². The van der Waals surface area contributed by atoms with Crippen LogP contribution in [-0.4, -0.2) is 27.8 Å². The minimum atomic E-state index is -0.545. The summed E-state index contributed by atoms with van der Waals surface area (Å²) in [4.78, 5) is 15.4. The summed E-state index contributed by atoms with van der Waals surface area (Å²) in [5.74, 6) is -0.276. The Kier molecular flexibility index (Phi) is 4.11.